The molecule has 2 amide bonds. The van der Waals surface area contributed by atoms with Crippen molar-refractivity contribution in [3.8, 4) is 23.3 Å². The molecule has 3 heterocycles. The molecule has 15 nitrogen and oxygen atoms in total. The van der Waals surface area contributed by atoms with Crippen LogP contribution in [0, 0.1) is 17.8 Å². The summed E-state index contributed by atoms with van der Waals surface area (Å²) in [7, 11) is 1.45. The van der Waals surface area contributed by atoms with E-state index < -0.39 is 17.5 Å². The highest BCUT2D eigenvalue weighted by Crippen LogP contribution is 2.31. The molecule has 1 aliphatic rings. The van der Waals surface area contributed by atoms with Gasteiger partial charge in [-0.15, -0.1) is 0 Å². The normalized spacial score (nSPS) is 14.9. The molecular weight excluding hydrogens is 632 g/mol. The topological polar surface area (TPSA) is 216 Å². The number of piperidine rings is 1. The molecule has 4 aromatic rings. The fourth-order valence-electron chi connectivity index (χ4n) is 5.64. The van der Waals surface area contributed by atoms with Gasteiger partial charge in [-0.3, -0.25) is 4.79 Å². The Morgan fingerprint density at radius 3 is 2.14 bits per heavy atom. The number of carbonyl (C=O) groups excluding carboxylic acids is 2. The standard InChI is InChI=1S/C34H40N8O7/c1-34(2,3)49-33(46)40-11-7-9-20(19-40)10-8-14-48-26-17-21(29(35)43)15-23-28(26)42(32(37)38-23)13-6-5-12-41-27-24(39-31(41)36)16-22(30(44)45)18-25(27)47-4/h5-6,15-18,20H,7,9,11-14,19H2,1-4H3,(H2,35,43)(H2,36,39)(H2,37,38)(H,44,45)/b6-5+. The number of rotatable bonds is 9. The summed E-state index contributed by atoms with van der Waals surface area (Å²) in [6, 6.07) is 5.95. The molecule has 49 heavy (non-hydrogen) atoms. The molecule has 1 unspecified atom stereocenters. The van der Waals surface area contributed by atoms with Gasteiger partial charge in [0.1, 0.15) is 34.7 Å². The number of imidazole rings is 2. The molecule has 2 aromatic heterocycles. The second-order valence-corrected chi connectivity index (χ2v) is 12.6. The Hall–Kier alpha value is -5.91. The van der Waals surface area contributed by atoms with Crippen LogP contribution in [0.25, 0.3) is 22.1 Å². The van der Waals surface area contributed by atoms with E-state index in [0.29, 0.717) is 53.2 Å². The van der Waals surface area contributed by atoms with Gasteiger partial charge in [-0.1, -0.05) is 24.0 Å². The van der Waals surface area contributed by atoms with Crippen LogP contribution in [0.3, 0.4) is 0 Å². The first-order valence-corrected chi connectivity index (χ1v) is 15.7. The van der Waals surface area contributed by atoms with Crippen LogP contribution in [0.15, 0.2) is 36.4 Å². The summed E-state index contributed by atoms with van der Waals surface area (Å²) in [6.07, 6.45) is 5.01. The van der Waals surface area contributed by atoms with E-state index >= 15 is 0 Å². The number of methoxy groups -OCH3 is 1. The largest absolute Gasteiger partial charge is 0.494 e. The first kappa shape index (κ1) is 34.4. The van der Waals surface area contributed by atoms with Crippen molar-refractivity contribution < 1.29 is 33.7 Å². The van der Waals surface area contributed by atoms with Gasteiger partial charge in [0.15, 0.2) is 0 Å². The van der Waals surface area contributed by atoms with Crippen LogP contribution in [-0.4, -0.2) is 79.5 Å². The third-order valence-electron chi connectivity index (χ3n) is 7.85. The van der Waals surface area contributed by atoms with Gasteiger partial charge in [-0.05, 0) is 57.9 Å². The Bertz CT molecular complexity index is 2010. The molecule has 1 fully saturated rings. The number of nitrogens with two attached hydrogens (primary N) is 3. The summed E-state index contributed by atoms with van der Waals surface area (Å²) >= 11 is 0. The maximum Gasteiger partial charge on any atom is 0.410 e. The lowest BCUT2D eigenvalue weighted by atomic mass is 9.99. The van der Waals surface area contributed by atoms with E-state index in [1.165, 1.54) is 25.3 Å². The second-order valence-electron chi connectivity index (χ2n) is 12.6. The number of ether oxygens (including phenoxy) is 3. The number of carboxylic acid groups (broad SMARTS) is 1. The molecule has 7 N–H and O–H groups in total. The van der Waals surface area contributed by atoms with Crippen LogP contribution < -0.4 is 26.7 Å². The lowest BCUT2D eigenvalue weighted by Gasteiger charge is -2.32. The smallest absolute Gasteiger partial charge is 0.410 e. The average Bonchev–Trinajstić information content (AvgIpc) is 3.54. The molecule has 258 valence electrons. The molecule has 1 saturated heterocycles. The molecule has 5 rings (SSSR count). The molecule has 1 atom stereocenters. The van der Waals surface area contributed by atoms with Gasteiger partial charge in [-0.25, -0.2) is 19.6 Å². The quantitative estimate of drug-likeness (QED) is 0.149. The Labute approximate surface area is 282 Å². The summed E-state index contributed by atoms with van der Waals surface area (Å²) in [5, 5.41) is 9.43. The predicted molar refractivity (Wildman–Crippen MR) is 183 cm³/mol. The predicted octanol–water partition coefficient (Wildman–Crippen LogP) is 3.64. The van der Waals surface area contributed by atoms with Crippen molar-refractivity contribution in [3.63, 3.8) is 0 Å². The van der Waals surface area contributed by atoms with Gasteiger partial charge in [0, 0.05) is 37.7 Å². The third kappa shape index (κ3) is 7.81. The van der Waals surface area contributed by atoms with Crippen LogP contribution >= 0.6 is 0 Å². The number of aromatic nitrogens is 4. The summed E-state index contributed by atoms with van der Waals surface area (Å²) in [5.74, 6) is 5.52. The van der Waals surface area contributed by atoms with E-state index in [1.807, 2.05) is 32.9 Å². The van der Waals surface area contributed by atoms with Gasteiger partial charge in [0.2, 0.25) is 17.8 Å². The highest BCUT2D eigenvalue weighted by atomic mass is 16.6. The molecule has 0 spiro atoms. The minimum atomic E-state index is -1.10. The zero-order valence-electron chi connectivity index (χ0n) is 27.9. The highest BCUT2D eigenvalue weighted by molar-refractivity contribution is 5.99. The third-order valence-corrected chi connectivity index (χ3v) is 7.85. The van der Waals surface area contributed by atoms with E-state index in [-0.39, 0.29) is 48.2 Å². The van der Waals surface area contributed by atoms with Gasteiger partial charge in [0.25, 0.3) is 0 Å². The number of carbonyl (C=O) groups is 3. The number of aromatic carboxylic acids is 1. The minimum absolute atomic E-state index is 0.0135. The van der Waals surface area contributed by atoms with Gasteiger partial charge in [-0.2, -0.15) is 0 Å². The zero-order chi connectivity index (χ0) is 35.5. The summed E-state index contributed by atoms with van der Waals surface area (Å²) in [6.45, 7) is 7.19. The monoisotopic (exact) mass is 672 g/mol. The van der Waals surface area contributed by atoms with E-state index in [2.05, 4.69) is 21.8 Å². The lowest BCUT2D eigenvalue weighted by Crippen LogP contribution is -2.42. The van der Waals surface area contributed by atoms with Crippen molar-refractivity contribution in [1.29, 1.82) is 0 Å². The number of benzene rings is 2. The average molecular weight is 673 g/mol. The van der Waals surface area contributed by atoms with E-state index in [9.17, 15) is 19.5 Å². The Kier molecular flexibility index (Phi) is 9.88. The number of hydrogen-bond donors (Lipinski definition) is 4. The van der Waals surface area contributed by atoms with E-state index in [1.54, 1.807) is 20.1 Å². The molecule has 0 radical (unpaired) electrons. The summed E-state index contributed by atoms with van der Waals surface area (Å²) in [4.78, 5) is 46.6. The van der Waals surface area contributed by atoms with Crippen molar-refractivity contribution in [2.24, 2.45) is 11.7 Å². The number of likely N-dealkylation sites (tertiary alicyclic amines) is 1. The number of allylic oxidation sites excluding steroid dienone is 2. The Morgan fingerprint density at radius 2 is 1.57 bits per heavy atom. The first-order valence-electron chi connectivity index (χ1n) is 15.7. The lowest BCUT2D eigenvalue weighted by molar-refractivity contribution is 0.0190. The Morgan fingerprint density at radius 1 is 0.980 bits per heavy atom. The number of carboxylic acids is 1. The first-order chi connectivity index (χ1) is 23.3. The molecular formula is C34H40N8O7. The Balaban J connectivity index is 1.33. The van der Waals surface area contributed by atoms with E-state index in [4.69, 9.17) is 31.4 Å². The number of anilines is 2. The van der Waals surface area contributed by atoms with Crippen LogP contribution in [0.2, 0.25) is 0 Å². The number of primary amides is 1. The van der Waals surface area contributed by atoms with Crippen LogP contribution in [-0.2, 0) is 17.8 Å². The van der Waals surface area contributed by atoms with Crippen molar-refractivity contribution in [2.45, 2.75) is 52.3 Å². The van der Waals surface area contributed by atoms with Crippen molar-refractivity contribution in [2.75, 3.05) is 38.3 Å². The summed E-state index contributed by atoms with van der Waals surface area (Å²) < 4.78 is 20.4. The number of nitrogen functional groups attached to an aromatic ring is 2. The maximum atomic E-state index is 12.5. The second kappa shape index (κ2) is 14.1. The van der Waals surface area contributed by atoms with Crippen LogP contribution in [0.4, 0.5) is 16.7 Å². The van der Waals surface area contributed by atoms with Gasteiger partial charge in [0.05, 0.1) is 23.7 Å². The summed E-state index contributed by atoms with van der Waals surface area (Å²) in [5.41, 5.74) is 19.7. The van der Waals surface area contributed by atoms with Crippen LogP contribution in [0.5, 0.6) is 11.5 Å². The molecule has 0 aliphatic carbocycles. The highest BCUT2D eigenvalue weighted by Gasteiger charge is 2.27. The molecule has 2 aromatic carbocycles. The minimum Gasteiger partial charge on any atom is -0.494 e. The number of fused-ring (bicyclic) bond motifs is 2. The number of amides is 2. The van der Waals surface area contributed by atoms with E-state index in [0.717, 1.165) is 12.8 Å². The fourth-order valence-corrected chi connectivity index (χ4v) is 5.64. The van der Waals surface area contributed by atoms with Gasteiger partial charge >= 0.3 is 12.1 Å². The fraction of sp³-hybridized carbons (Fsp3) is 0.382. The number of nitrogens with zero attached hydrogens (tertiary/aromatic N) is 5. The van der Waals surface area contributed by atoms with Crippen LogP contribution in [0.1, 0.15) is 54.3 Å². The van der Waals surface area contributed by atoms with Crippen molar-refractivity contribution in [1.82, 2.24) is 24.0 Å². The SMILES string of the molecule is COc1cc(C(=O)O)cc2nc(N)n(C/C=C/Cn3c(N)nc4cc(C(N)=O)cc(OCC#CC5CCCN(C(=O)OC(C)(C)C)C5)c43)c12. The molecule has 0 saturated carbocycles. The van der Waals surface area contributed by atoms with Crippen molar-refractivity contribution >= 4 is 51.9 Å². The maximum absolute atomic E-state index is 12.5. The van der Waals surface area contributed by atoms with Crippen molar-refractivity contribution in [3.05, 3.63) is 47.5 Å². The molecule has 15 heteroatoms. The van der Waals surface area contributed by atoms with Gasteiger partial charge < -0.3 is 50.6 Å². The molecule has 1 aliphatic heterocycles. The zero-order valence-corrected chi connectivity index (χ0v) is 27.9. The molecule has 0 bridgehead atoms. The number of hydrogen-bond acceptors (Lipinski definition) is 10.